The van der Waals surface area contributed by atoms with Crippen LogP contribution in [-0.2, 0) is 11.2 Å². The summed E-state index contributed by atoms with van der Waals surface area (Å²) in [6.07, 6.45) is 3.12. The lowest BCUT2D eigenvalue weighted by Gasteiger charge is -1.88. The van der Waals surface area contributed by atoms with Gasteiger partial charge in [0, 0.05) is 12.3 Å². The highest BCUT2D eigenvalue weighted by molar-refractivity contribution is 5.79. The molecule has 0 unspecified atom stereocenters. The highest BCUT2D eigenvalue weighted by Gasteiger charge is 2.28. The summed E-state index contributed by atoms with van der Waals surface area (Å²) in [5.41, 5.74) is 0. The van der Waals surface area contributed by atoms with Crippen molar-refractivity contribution in [3.05, 3.63) is 11.7 Å². The van der Waals surface area contributed by atoms with Gasteiger partial charge in [0.25, 0.3) is 0 Å². The predicted octanol–water partition coefficient (Wildman–Crippen LogP) is 1.47. The minimum atomic E-state index is 0.144. The van der Waals surface area contributed by atoms with Crippen molar-refractivity contribution in [1.29, 1.82) is 0 Å². The smallest absolute Gasteiger partial charge is 0.234 e. The first kappa shape index (κ1) is 8.41. The van der Waals surface area contributed by atoms with Gasteiger partial charge in [-0.05, 0) is 12.8 Å². The number of Topliss-reactive ketones (excluding diaryl/α,β-unsaturated/α-hetero) is 1. The molecular weight excluding hydrogens is 168 g/mol. The van der Waals surface area contributed by atoms with Crippen molar-refractivity contribution in [2.24, 2.45) is 0 Å². The molecule has 0 radical (unpaired) electrons. The van der Waals surface area contributed by atoms with Crippen molar-refractivity contribution in [1.82, 2.24) is 10.1 Å². The van der Waals surface area contributed by atoms with Crippen LogP contribution in [0.3, 0.4) is 0 Å². The van der Waals surface area contributed by atoms with E-state index in [2.05, 4.69) is 10.1 Å². The first-order valence-corrected chi connectivity index (χ1v) is 4.63. The molecular formula is C9H12N2O2. The molecule has 0 atom stereocenters. The maximum atomic E-state index is 11.0. The summed E-state index contributed by atoms with van der Waals surface area (Å²) in [4.78, 5) is 15.2. The number of carbonyl (C=O) groups excluding carboxylic acids is 1. The van der Waals surface area contributed by atoms with Gasteiger partial charge in [-0.25, -0.2) is 0 Å². The van der Waals surface area contributed by atoms with E-state index in [1.165, 1.54) is 0 Å². The number of hydrogen-bond acceptors (Lipinski definition) is 4. The molecule has 1 heterocycles. The molecule has 2 rings (SSSR count). The second kappa shape index (κ2) is 3.28. The van der Waals surface area contributed by atoms with E-state index in [-0.39, 0.29) is 12.2 Å². The molecule has 1 aromatic rings. The standard InChI is InChI=1S/C9H12N2O2/c1-2-7(12)5-8-10-9(11-13-8)6-3-4-6/h6H,2-5H2,1H3. The Labute approximate surface area is 76.3 Å². The zero-order chi connectivity index (χ0) is 9.26. The van der Waals surface area contributed by atoms with Gasteiger partial charge in [-0.1, -0.05) is 12.1 Å². The number of ketones is 1. The average Bonchev–Trinajstić information content (AvgIpc) is 2.88. The Balaban J connectivity index is 2.00. The van der Waals surface area contributed by atoms with Crippen molar-refractivity contribution in [2.75, 3.05) is 0 Å². The lowest BCUT2D eigenvalue weighted by Crippen LogP contribution is -2.00. The van der Waals surface area contributed by atoms with Crippen molar-refractivity contribution in [3.63, 3.8) is 0 Å². The molecule has 0 saturated heterocycles. The summed E-state index contributed by atoms with van der Waals surface area (Å²) >= 11 is 0. The minimum absolute atomic E-state index is 0.144. The number of rotatable bonds is 4. The van der Waals surface area contributed by atoms with E-state index >= 15 is 0 Å². The number of carbonyl (C=O) groups is 1. The first-order chi connectivity index (χ1) is 6.29. The van der Waals surface area contributed by atoms with Crippen LogP contribution in [0.5, 0.6) is 0 Å². The fraction of sp³-hybridized carbons (Fsp3) is 0.667. The van der Waals surface area contributed by atoms with Gasteiger partial charge >= 0.3 is 0 Å². The van der Waals surface area contributed by atoms with Crippen LogP contribution < -0.4 is 0 Å². The third-order valence-corrected chi connectivity index (χ3v) is 2.17. The fourth-order valence-electron chi connectivity index (χ4n) is 1.14. The van der Waals surface area contributed by atoms with Gasteiger partial charge in [-0.15, -0.1) is 0 Å². The summed E-state index contributed by atoms with van der Waals surface area (Å²) in [6.45, 7) is 1.83. The monoisotopic (exact) mass is 180 g/mol. The zero-order valence-corrected chi connectivity index (χ0v) is 7.62. The molecule has 1 aliphatic rings. The summed E-state index contributed by atoms with van der Waals surface area (Å²) < 4.78 is 4.96. The van der Waals surface area contributed by atoms with E-state index in [0.29, 0.717) is 18.2 Å². The van der Waals surface area contributed by atoms with Gasteiger partial charge in [-0.3, -0.25) is 4.79 Å². The zero-order valence-electron chi connectivity index (χ0n) is 7.62. The lowest BCUT2D eigenvalue weighted by molar-refractivity contribution is -0.118. The second-order valence-corrected chi connectivity index (χ2v) is 3.39. The Hall–Kier alpha value is -1.19. The summed E-state index contributed by atoms with van der Waals surface area (Å²) in [7, 11) is 0. The van der Waals surface area contributed by atoms with Gasteiger partial charge in [-0.2, -0.15) is 4.98 Å². The molecule has 1 fully saturated rings. The molecule has 0 aromatic carbocycles. The first-order valence-electron chi connectivity index (χ1n) is 4.63. The molecule has 4 heteroatoms. The summed E-state index contributed by atoms with van der Waals surface area (Å²) in [5, 5.41) is 3.83. The molecule has 1 aliphatic carbocycles. The Bertz CT molecular complexity index is 315. The van der Waals surface area contributed by atoms with E-state index in [9.17, 15) is 4.79 Å². The molecule has 1 aromatic heterocycles. The largest absolute Gasteiger partial charge is 0.339 e. The molecule has 0 amide bonds. The van der Waals surface area contributed by atoms with Crippen LogP contribution in [0.25, 0.3) is 0 Å². The molecule has 70 valence electrons. The Morgan fingerprint density at radius 1 is 1.62 bits per heavy atom. The Morgan fingerprint density at radius 3 is 3.00 bits per heavy atom. The molecule has 1 saturated carbocycles. The van der Waals surface area contributed by atoms with E-state index in [0.717, 1.165) is 18.7 Å². The van der Waals surface area contributed by atoms with Crippen molar-refractivity contribution < 1.29 is 9.32 Å². The van der Waals surface area contributed by atoms with Crippen LogP contribution in [0.15, 0.2) is 4.52 Å². The van der Waals surface area contributed by atoms with E-state index in [1.807, 2.05) is 6.92 Å². The average molecular weight is 180 g/mol. The third-order valence-electron chi connectivity index (χ3n) is 2.17. The number of nitrogens with zero attached hydrogens (tertiary/aromatic N) is 2. The van der Waals surface area contributed by atoms with E-state index in [4.69, 9.17) is 4.52 Å². The molecule has 0 aliphatic heterocycles. The quantitative estimate of drug-likeness (QED) is 0.704. The summed E-state index contributed by atoms with van der Waals surface area (Å²) in [5.74, 6) is 1.88. The normalized spacial score (nSPS) is 16.1. The van der Waals surface area contributed by atoms with Gasteiger partial charge in [0.2, 0.25) is 5.89 Å². The highest BCUT2D eigenvalue weighted by atomic mass is 16.5. The minimum Gasteiger partial charge on any atom is -0.339 e. The number of hydrogen-bond donors (Lipinski definition) is 0. The molecule has 13 heavy (non-hydrogen) atoms. The third kappa shape index (κ3) is 1.94. The molecule has 0 bridgehead atoms. The maximum Gasteiger partial charge on any atom is 0.234 e. The Morgan fingerprint density at radius 2 is 2.38 bits per heavy atom. The number of aromatic nitrogens is 2. The second-order valence-electron chi connectivity index (χ2n) is 3.39. The van der Waals surface area contributed by atoms with Crippen molar-refractivity contribution in [2.45, 2.75) is 38.5 Å². The lowest BCUT2D eigenvalue weighted by atomic mass is 10.2. The van der Waals surface area contributed by atoms with Crippen LogP contribution in [0.4, 0.5) is 0 Å². The van der Waals surface area contributed by atoms with Crippen molar-refractivity contribution >= 4 is 5.78 Å². The SMILES string of the molecule is CCC(=O)Cc1nc(C2CC2)no1. The van der Waals surface area contributed by atoms with Crippen LogP contribution in [-0.4, -0.2) is 15.9 Å². The van der Waals surface area contributed by atoms with E-state index in [1.54, 1.807) is 0 Å². The maximum absolute atomic E-state index is 11.0. The molecule has 0 N–H and O–H groups in total. The molecule has 4 nitrogen and oxygen atoms in total. The fourth-order valence-corrected chi connectivity index (χ4v) is 1.14. The van der Waals surface area contributed by atoms with E-state index < -0.39 is 0 Å². The van der Waals surface area contributed by atoms with Crippen LogP contribution in [0.1, 0.15) is 43.8 Å². The Kier molecular flexibility index (Phi) is 2.12. The van der Waals surface area contributed by atoms with Crippen LogP contribution in [0, 0.1) is 0 Å². The van der Waals surface area contributed by atoms with Crippen LogP contribution >= 0.6 is 0 Å². The van der Waals surface area contributed by atoms with Crippen molar-refractivity contribution in [3.8, 4) is 0 Å². The van der Waals surface area contributed by atoms with Gasteiger partial charge in [0.1, 0.15) is 5.78 Å². The predicted molar refractivity (Wildman–Crippen MR) is 45.3 cm³/mol. The van der Waals surface area contributed by atoms with Gasteiger partial charge in [0.05, 0.1) is 6.42 Å². The van der Waals surface area contributed by atoms with Crippen LogP contribution in [0.2, 0.25) is 0 Å². The highest BCUT2D eigenvalue weighted by Crippen LogP contribution is 2.38. The summed E-state index contributed by atoms with van der Waals surface area (Å²) in [6, 6.07) is 0. The van der Waals surface area contributed by atoms with Gasteiger partial charge < -0.3 is 4.52 Å². The van der Waals surface area contributed by atoms with Gasteiger partial charge in [0.15, 0.2) is 5.82 Å². The molecule has 0 spiro atoms. The topological polar surface area (TPSA) is 56.0 Å².